The van der Waals surface area contributed by atoms with E-state index in [2.05, 4.69) is 4.99 Å². The number of para-hydroxylation sites is 1. The van der Waals surface area contributed by atoms with E-state index in [4.69, 9.17) is 28.1 Å². The zero-order valence-corrected chi connectivity index (χ0v) is 27.3. The molecule has 47 heavy (non-hydrogen) atoms. The Balaban J connectivity index is 1.66. The maximum atomic E-state index is 14.2. The minimum Gasteiger partial charge on any atom is -0.496 e. The lowest BCUT2D eigenvalue weighted by Crippen LogP contribution is -2.40. The highest BCUT2D eigenvalue weighted by Gasteiger charge is 2.36. The van der Waals surface area contributed by atoms with Gasteiger partial charge in [0.1, 0.15) is 29.9 Å². The molecule has 2 aromatic heterocycles. The molecule has 246 valence electrons. The second-order valence-corrected chi connectivity index (χ2v) is 11.3. The Morgan fingerprint density at radius 2 is 1.87 bits per heavy atom. The summed E-state index contributed by atoms with van der Waals surface area (Å²) in [5.41, 5.74) is 0.909. The number of methoxy groups -OCH3 is 3. The Hall–Kier alpha value is -5.21. The molecule has 5 rings (SSSR count). The second-order valence-electron chi connectivity index (χ2n) is 10.3. The topological polar surface area (TPSA) is 154 Å². The van der Waals surface area contributed by atoms with E-state index in [1.807, 2.05) is 6.92 Å². The Bertz CT molecular complexity index is 2020. The van der Waals surface area contributed by atoms with Crippen molar-refractivity contribution < 1.29 is 37.8 Å². The summed E-state index contributed by atoms with van der Waals surface area (Å²) in [5, 5.41) is 11.4. The smallest absolute Gasteiger partial charge is 0.338 e. The van der Waals surface area contributed by atoms with Crippen LogP contribution in [0.2, 0.25) is 0 Å². The van der Waals surface area contributed by atoms with E-state index < -0.39 is 22.5 Å². The molecule has 0 saturated heterocycles. The highest BCUT2D eigenvalue weighted by molar-refractivity contribution is 7.07. The summed E-state index contributed by atoms with van der Waals surface area (Å²) in [4.78, 5) is 43.6. The number of furan rings is 1. The molecule has 2 aromatic carbocycles. The average molecular weight is 664 g/mol. The first-order valence-electron chi connectivity index (χ1n) is 14.6. The van der Waals surface area contributed by atoms with E-state index in [1.165, 1.54) is 44.1 Å². The third-order valence-electron chi connectivity index (χ3n) is 7.30. The second kappa shape index (κ2) is 14.5. The van der Waals surface area contributed by atoms with Crippen molar-refractivity contribution in [2.24, 2.45) is 4.99 Å². The number of nitro benzene ring substituents is 1. The molecular weight excluding hydrogens is 630 g/mol. The number of thiazole rings is 1. The predicted octanol–water partition coefficient (Wildman–Crippen LogP) is 4.40. The number of hydrogen-bond donors (Lipinski definition) is 0. The van der Waals surface area contributed by atoms with Gasteiger partial charge < -0.3 is 28.1 Å². The van der Waals surface area contributed by atoms with Crippen molar-refractivity contribution in [2.75, 3.05) is 41.2 Å². The van der Waals surface area contributed by atoms with Gasteiger partial charge in [0.2, 0.25) is 0 Å². The SMILES string of the molecule is CCCOc1c(OC)cccc1[C@H]1C(C(=O)OCCOC)=C(C)N=c2s/c(=C/c3ccc(-c4cc([N+](=O)[O-])ccc4OC)o3)c(=O)n21. The third kappa shape index (κ3) is 6.69. The molecule has 0 fully saturated rings. The fraction of sp³-hybridized carbons (Fsp3) is 0.303. The van der Waals surface area contributed by atoms with E-state index in [0.29, 0.717) is 63.4 Å². The number of aromatic nitrogens is 1. The summed E-state index contributed by atoms with van der Waals surface area (Å²) in [7, 11) is 4.48. The molecule has 1 aliphatic heterocycles. The van der Waals surface area contributed by atoms with Gasteiger partial charge in [0.25, 0.3) is 11.2 Å². The number of allylic oxidation sites excluding steroid dienone is 1. The van der Waals surface area contributed by atoms with Crippen LogP contribution in [-0.4, -0.2) is 56.6 Å². The summed E-state index contributed by atoms with van der Waals surface area (Å²) in [6, 6.07) is 11.8. The number of nitro groups is 1. The predicted molar refractivity (Wildman–Crippen MR) is 173 cm³/mol. The van der Waals surface area contributed by atoms with Gasteiger partial charge in [-0.2, -0.15) is 0 Å². The zero-order chi connectivity index (χ0) is 33.7. The van der Waals surface area contributed by atoms with Crippen LogP contribution in [0.25, 0.3) is 17.4 Å². The van der Waals surface area contributed by atoms with Gasteiger partial charge in [-0.25, -0.2) is 9.79 Å². The maximum absolute atomic E-state index is 14.2. The molecule has 0 saturated carbocycles. The van der Waals surface area contributed by atoms with Crippen LogP contribution in [0.5, 0.6) is 17.2 Å². The molecular formula is C33H33N3O10S. The molecule has 13 nitrogen and oxygen atoms in total. The zero-order valence-electron chi connectivity index (χ0n) is 26.4. The molecule has 1 aliphatic rings. The molecule has 0 bridgehead atoms. The number of non-ortho nitro benzene ring substituents is 1. The van der Waals surface area contributed by atoms with Gasteiger partial charge in [-0.1, -0.05) is 30.4 Å². The molecule has 0 amide bonds. The number of benzene rings is 2. The highest BCUT2D eigenvalue weighted by Crippen LogP contribution is 2.41. The van der Waals surface area contributed by atoms with Crippen LogP contribution < -0.4 is 29.1 Å². The van der Waals surface area contributed by atoms with Crippen molar-refractivity contribution in [3.8, 4) is 28.6 Å². The number of carbonyl (C=O) groups excluding carboxylic acids is 1. The summed E-state index contributed by atoms with van der Waals surface area (Å²) in [6.07, 6.45) is 2.28. The standard InChI is InChI=1S/C33H33N3O10S/c1-6-14-44-30-22(8-7-9-26(30)43-5)29-28(32(38)45-16-15-41-3)19(2)34-33-35(29)31(37)27(47-33)18-21-11-13-25(46-21)23-17-20(36(39)40)10-12-24(23)42-4/h7-13,17-18,29H,6,14-16H2,1-5H3/b27-18+/t29-/m0/s1. The molecule has 0 N–H and O–H groups in total. The first-order chi connectivity index (χ1) is 22.7. The Morgan fingerprint density at radius 1 is 1.09 bits per heavy atom. The molecule has 14 heteroatoms. The van der Waals surface area contributed by atoms with Gasteiger partial charge in [-0.05, 0) is 37.6 Å². The first-order valence-corrected chi connectivity index (χ1v) is 15.4. The number of rotatable bonds is 13. The Labute approximate surface area is 273 Å². The van der Waals surface area contributed by atoms with Crippen LogP contribution in [0.1, 0.15) is 37.6 Å². The number of nitrogens with zero attached hydrogens (tertiary/aromatic N) is 3. The quantitative estimate of drug-likeness (QED) is 0.0871. The normalized spacial score (nSPS) is 14.4. The summed E-state index contributed by atoms with van der Waals surface area (Å²) in [5.74, 6) is 1.21. The van der Waals surface area contributed by atoms with E-state index in [1.54, 1.807) is 43.3 Å². The number of carbonyl (C=O) groups is 1. The number of esters is 1. The lowest BCUT2D eigenvalue weighted by molar-refractivity contribution is -0.384. The van der Waals surface area contributed by atoms with Gasteiger partial charge in [0.15, 0.2) is 16.3 Å². The molecule has 0 aliphatic carbocycles. The van der Waals surface area contributed by atoms with Crippen LogP contribution in [-0.2, 0) is 14.3 Å². The van der Waals surface area contributed by atoms with Gasteiger partial charge in [-0.15, -0.1) is 0 Å². The summed E-state index contributed by atoms with van der Waals surface area (Å²) >= 11 is 1.12. The third-order valence-corrected chi connectivity index (χ3v) is 8.28. The fourth-order valence-electron chi connectivity index (χ4n) is 5.15. The van der Waals surface area contributed by atoms with E-state index in [0.717, 1.165) is 11.3 Å². The number of fused-ring (bicyclic) bond motifs is 1. The molecule has 0 spiro atoms. The Morgan fingerprint density at radius 3 is 2.57 bits per heavy atom. The van der Waals surface area contributed by atoms with Crippen molar-refractivity contribution in [1.29, 1.82) is 0 Å². The van der Waals surface area contributed by atoms with Crippen molar-refractivity contribution in [3.63, 3.8) is 0 Å². The van der Waals surface area contributed by atoms with Crippen LogP contribution >= 0.6 is 11.3 Å². The van der Waals surface area contributed by atoms with Crippen molar-refractivity contribution in [1.82, 2.24) is 4.57 Å². The van der Waals surface area contributed by atoms with Crippen LogP contribution in [0, 0.1) is 10.1 Å². The van der Waals surface area contributed by atoms with Gasteiger partial charge in [0, 0.05) is 30.9 Å². The maximum Gasteiger partial charge on any atom is 0.338 e. The van der Waals surface area contributed by atoms with Gasteiger partial charge in [0.05, 0.1) is 53.7 Å². The van der Waals surface area contributed by atoms with E-state index in [-0.39, 0.29) is 29.0 Å². The first kappa shape index (κ1) is 33.2. The van der Waals surface area contributed by atoms with Crippen molar-refractivity contribution in [2.45, 2.75) is 26.3 Å². The molecule has 4 aromatic rings. The lowest BCUT2D eigenvalue weighted by atomic mass is 9.94. The molecule has 1 atom stereocenters. The highest BCUT2D eigenvalue weighted by atomic mass is 32.1. The average Bonchev–Trinajstić information content (AvgIpc) is 3.66. The number of hydrogen-bond acceptors (Lipinski definition) is 12. The number of ether oxygens (including phenoxy) is 5. The van der Waals surface area contributed by atoms with E-state index in [9.17, 15) is 19.7 Å². The summed E-state index contributed by atoms with van der Waals surface area (Å²) < 4.78 is 35.4. The largest absolute Gasteiger partial charge is 0.496 e. The van der Waals surface area contributed by atoms with Gasteiger partial charge >= 0.3 is 5.97 Å². The molecule has 0 unspecified atom stereocenters. The lowest BCUT2D eigenvalue weighted by Gasteiger charge is -2.27. The molecule has 3 heterocycles. The van der Waals surface area contributed by atoms with Gasteiger partial charge in [-0.3, -0.25) is 19.5 Å². The van der Waals surface area contributed by atoms with Crippen molar-refractivity contribution in [3.05, 3.63) is 101 Å². The summed E-state index contributed by atoms with van der Waals surface area (Å²) in [6.45, 7) is 4.24. The van der Waals surface area contributed by atoms with Crippen molar-refractivity contribution >= 4 is 29.1 Å². The van der Waals surface area contributed by atoms with Crippen LogP contribution in [0.15, 0.2) is 74.0 Å². The van der Waals surface area contributed by atoms with E-state index >= 15 is 0 Å². The molecule has 0 radical (unpaired) electrons. The van der Waals surface area contributed by atoms with Crippen LogP contribution in [0.3, 0.4) is 0 Å². The fourth-order valence-corrected chi connectivity index (χ4v) is 6.17. The monoisotopic (exact) mass is 663 g/mol. The minimum atomic E-state index is -0.952. The Kier molecular flexibility index (Phi) is 10.2. The minimum absolute atomic E-state index is 0.0107. The van der Waals surface area contributed by atoms with Crippen LogP contribution in [0.4, 0.5) is 5.69 Å².